The Bertz CT molecular complexity index is 1090. The molecule has 1 aliphatic heterocycles. The molecule has 2 aliphatic rings. The minimum Gasteiger partial charge on any atom is -0.494 e. The minimum absolute atomic E-state index is 0.0109. The number of rotatable bonds is 6. The van der Waals surface area contributed by atoms with Crippen LogP contribution in [-0.2, 0) is 24.0 Å². The molecule has 3 aromatic rings. The van der Waals surface area contributed by atoms with Gasteiger partial charge in [-0.15, -0.1) is 0 Å². The van der Waals surface area contributed by atoms with E-state index in [1.807, 2.05) is 42.2 Å². The molecule has 0 bridgehead atoms. The second-order valence-electron chi connectivity index (χ2n) is 8.30. The van der Waals surface area contributed by atoms with Crippen molar-refractivity contribution in [3.05, 3.63) is 76.4 Å². The van der Waals surface area contributed by atoms with E-state index in [0.29, 0.717) is 32.0 Å². The van der Waals surface area contributed by atoms with Gasteiger partial charge in [-0.3, -0.25) is 14.9 Å². The predicted octanol–water partition coefficient (Wildman–Crippen LogP) is 3.50. The van der Waals surface area contributed by atoms with Crippen molar-refractivity contribution < 1.29 is 14.3 Å². The van der Waals surface area contributed by atoms with Crippen LogP contribution in [0.1, 0.15) is 58.1 Å². The van der Waals surface area contributed by atoms with Gasteiger partial charge in [-0.25, -0.2) is 0 Å². The second-order valence-corrected chi connectivity index (χ2v) is 8.30. The number of hydrogen-bond acceptors (Lipinski definition) is 5. The van der Waals surface area contributed by atoms with E-state index >= 15 is 0 Å². The van der Waals surface area contributed by atoms with Gasteiger partial charge in [-0.1, -0.05) is 18.2 Å². The quantitative estimate of drug-likeness (QED) is 0.645. The summed E-state index contributed by atoms with van der Waals surface area (Å²) in [6, 6.07) is 14.1. The maximum Gasteiger partial charge on any atom is 0.274 e. The third-order valence-corrected chi connectivity index (χ3v) is 6.14. The highest BCUT2D eigenvalue weighted by Gasteiger charge is 2.31. The molecule has 1 amide bonds. The lowest BCUT2D eigenvalue weighted by Crippen LogP contribution is -2.43. The molecule has 166 valence electrons. The van der Waals surface area contributed by atoms with Gasteiger partial charge in [0.15, 0.2) is 5.69 Å². The van der Waals surface area contributed by atoms with Crippen LogP contribution in [0.5, 0.6) is 5.75 Å². The number of pyridine rings is 1. The lowest BCUT2D eigenvalue weighted by atomic mass is 10.1. The zero-order valence-corrected chi connectivity index (χ0v) is 18.3. The average Bonchev–Trinajstić information content (AvgIpc) is 3.45. The fraction of sp³-hybridized carbons (Fsp3) is 0.400. The Hall–Kier alpha value is -3.19. The summed E-state index contributed by atoms with van der Waals surface area (Å²) in [6.07, 6.45) is 3.48. The molecule has 0 spiro atoms. The van der Waals surface area contributed by atoms with Crippen LogP contribution in [0.3, 0.4) is 0 Å². The van der Waals surface area contributed by atoms with Crippen molar-refractivity contribution in [1.82, 2.24) is 20.1 Å². The highest BCUT2D eigenvalue weighted by Crippen LogP contribution is 2.27. The van der Waals surface area contributed by atoms with Crippen LogP contribution in [0, 0.1) is 0 Å². The zero-order valence-electron chi connectivity index (χ0n) is 18.3. The van der Waals surface area contributed by atoms with Crippen LogP contribution in [0.2, 0.25) is 0 Å². The third kappa shape index (κ3) is 4.25. The average molecular weight is 433 g/mol. The predicted molar refractivity (Wildman–Crippen MR) is 120 cm³/mol. The summed E-state index contributed by atoms with van der Waals surface area (Å²) in [6.45, 7) is 4.19. The van der Waals surface area contributed by atoms with Crippen LogP contribution in [0.25, 0.3) is 0 Å². The van der Waals surface area contributed by atoms with E-state index in [2.05, 4.69) is 22.3 Å². The Labute approximate surface area is 187 Å². The van der Waals surface area contributed by atoms with Crippen molar-refractivity contribution in [3.8, 4) is 5.75 Å². The van der Waals surface area contributed by atoms with Gasteiger partial charge in [-0.2, -0.15) is 5.10 Å². The zero-order chi connectivity index (χ0) is 21.9. The van der Waals surface area contributed by atoms with Crippen molar-refractivity contribution in [3.63, 3.8) is 0 Å². The number of nitrogens with zero attached hydrogens (tertiary/aromatic N) is 3. The summed E-state index contributed by atoms with van der Waals surface area (Å²) in [5, 5.41) is 7.35. The van der Waals surface area contributed by atoms with E-state index in [-0.39, 0.29) is 12.0 Å². The number of aromatic nitrogens is 3. The molecule has 0 saturated carbocycles. The number of benzene rings is 1. The Morgan fingerprint density at radius 3 is 2.94 bits per heavy atom. The highest BCUT2D eigenvalue weighted by molar-refractivity contribution is 5.94. The number of morpholine rings is 1. The molecule has 1 fully saturated rings. The van der Waals surface area contributed by atoms with Gasteiger partial charge in [0.1, 0.15) is 11.9 Å². The summed E-state index contributed by atoms with van der Waals surface area (Å²) < 4.78 is 11.5. The number of carbonyl (C=O) groups excluding carboxylic acids is 1. The SMILES string of the molecule is CCOc1ccc(Cc2cccc([C@H]3CN(C(=O)c4n[nH]c5c4CCC5)CCO3)n2)cc1. The van der Waals surface area contributed by atoms with Gasteiger partial charge in [0.05, 0.1) is 25.5 Å². The van der Waals surface area contributed by atoms with Crippen LogP contribution >= 0.6 is 0 Å². The molecule has 1 saturated heterocycles. The molecule has 7 heteroatoms. The van der Waals surface area contributed by atoms with E-state index in [0.717, 1.165) is 54.1 Å². The molecule has 3 heterocycles. The number of aryl methyl sites for hydroxylation is 1. The first-order chi connectivity index (χ1) is 15.7. The van der Waals surface area contributed by atoms with Gasteiger partial charge >= 0.3 is 0 Å². The van der Waals surface area contributed by atoms with Crippen LogP contribution in [-0.4, -0.2) is 52.3 Å². The molecule has 1 atom stereocenters. The summed E-state index contributed by atoms with van der Waals surface area (Å²) in [4.78, 5) is 19.8. The van der Waals surface area contributed by atoms with E-state index < -0.39 is 0 Å². The Morgan fingerprint density at radius 1 is 1.22 bits per heavy atom. The second kappa shape index (κ2) is 9.12. The minimum atomic E-state index is -0.236. The number of H-pyrrole nitrogens is 1. The Kier molecular flexibility index (Phi) is 5.90. The molecule has 1 aromatic carbocycles. The fourth-order valence-electron chi connectivity index (χ4n) is 4.51. The van der Waals surface area contributed by atoms with Crippen LogP contribution < -0.4 is 4.74 Å². The number of carbonyl (C=O) groups is 1. The number of aromatic amines is 1. The summed E-state index contributed by atoms with van der Waals surface area (Å²) in [5.74, 6) is 0.865. The van der Waals surface area contributed by atoms with E-state index in [4.69, 9.17) is 14.5 Å². The number of nitrogens with one attached hydrogen (secondary N) is 1. The molecule has 7 nitrogen and oxygen atoms in total. The molecular weight excluding hydrogens is 404 g/mol. The molecule has 1 aliphatic carbocycles. The summed E-state index contributed by atoms with van der Waals surface area (Å²) in [7, 11) is 0. The van der Waals surface area contributed by atoms with Gasteiger partial charge in [0.2, 0.25) is 0 Å². The molecular formula is C25H28N4O3. The first-order valence-corrected chi connectivity index (χ1v) is 11.4. The van der Waals surface area contributed by atoms with Gasteiger partial charge < -0.3 is 14.4 Å². The smallest absolute Gasteiger partial charge is 0.274 e. The molecule has 5 rings (SSSR count). The lowest BCUT2D eigenvalue weighted by Gasteiger charge is -2.32. The van der Waals surface area contributed by atoms with Gasteiger partial charge in [-0.05, 0) is 56.0 Å². The van der Waals surface area contributed by atoms with E-state index in [1.54, 1.807) is 0 Å². The van der Waals surface area contributed by atoms with Crippen LogP contribution in [0.15, 0.2) is 42.5 Å². The number of ether oxygens (including phenoxy) is 2. The Morgan fingerprint density at radius 2 is 2.09 bits per heavy atom. The van der Waals surface area contributed by atoms with E-state index in [9.17, 15) is 4.79 Å². The van der Waals surface area contributed by atoms with E-state index in [1.165, 1.54) is 5.56 Å². The maximum absolute atomic E-state index is 13.1. The standard InChI is InChI=1S/C25H28N4O3/c1-2-31-19-11-9-17(10-12-19)15-18-5-3-8-22(26-18)23-16-29(13-14-32-23)25(30)24-20-6-4-7-21(20)27-28-24/h3,5,8-12,23H,2,4,6-7,13-16H2,1H3,(H,27,28)/t23-/m1/s1. The molecule has 32 heavy (non-hydrogen) atoms. The molecule has 0 radical (unpaired) electrons. The fourth-order valence-corrected chi connectivity index (χ4v) is 4.51. The first-order valence-electron chi connectivity index (χ1n) is 11.4. The molecule has 0 unspecified atom stereocenters. The molecule has 2 aromatic heterocycles. The van der Waals surface area contributed by atoms with Gasteiger partial charge in [0, 0.05) is 29.9 Å². The van der Waals surface area contributed by atoms with Gasteiger partial charge in [0.25, 0.3) is 5.91 Å². The number of amides is 1. The maximum atomic E-state index is 13.1. The highest BCUT2D eigenvalue weighted by atomic mass is 16.5. The van der Waals surface area contributed by atoms with Crippen molar-refractivity contribution in [2.24, 2.45) is 0 Å². The summed E-state index contributed by atoms with van der Waals surface area (Å²) in [5.41, 5.74) is 5.79. The first kappa shape index (κ1) is 20.7. The number of fused-ring (bicyclic) bond motifs is 1. The molecule has 1 N–H and O–H groups in total. The number of hydrogen-bond donors (Lipinski definition) is 1. The van der Waals surface area contributed by atoms with Crippen molar-refractivity contribution in [2.45, 2.75) is 38.7 Å². The van der Waals surface area contributed by atoms with Crippen molar-refractivity contribution in [1.29, 1.82) is 0 Å². The lowest BCUT2D eigenvalue weighted by molar-refractivity contribution is -0.0250. The monoisotopic (exact) mass is 432 g/mol. The van der Waals surface area contributed by atoms with Crippen LogP contribution in [0.4, 0.5) is 0 Å². The third-order valence-electron chi connectivity index (χ3n) is 6.14. The topological polar surface area (TPSA) is 80.3 Å². The van der Waals surface area contributed by atoms with Crippen molar-refractivity contribution in [2.75, 3.05) is 26.3 Å². The Balaban J connectivity index is 1.28. The summed E-state index contributed by atoms with van der Waals surface area (Å²) >= 11 is 0. The largest absolute Gasteiger partial charge is 0.494 e. The van der Waals surface area contributed by atoms with Crippen molar-refractivity contribution >= 4 is 5.91 Å². The normalized spacial score (nSPS) is 17.9.